The molecule has 0 unspecified atom stereocenters. The van der Waals surface area contributed by atoms with Gasteiger partial charge in [-0.25, -0.2) is 0 Å². The summed E-state index contributed by atoms with van der Waals surface area (Å²) in [6.45, 7) is 10.2. The number of hydrogen-bond acceptors (Lipinski definition) is 3. The van der Waals surface area contributed by atoms with Crippen LogP contribution in [0.2, 0.25) is 0 Å². The van der Waals surface area contributed by atoms with Crippen molar-refractivity contribution in [2.45, 2.75) is 40.2 Å². The van der Waals surface area contributed by atoms with Crippen molar-refractivity contribution in [3.63, 3.8) is 0 Å². The highest BCUT2D eigenvalue weighted by molar-refractivity contribution is 5.91. The van der Waals surface area contributed by atoms with Gasteiger partial charge in [0.15, 0.2) is 0 Å². The van der Waals surface area contributed by atoms with Gasteiger partial charge < -0.3 is 16.0 Å². The maximum absolute atomic E-state index is 12.0. The van der Waals surface area contributed by atoms with E-state index in [9.17, 15) is 4.79 Å². The van der Waals surface area contributed by atoms with Crippen molar-refractivity contribution in [1.29, 1.82) is 0 Å². The number of carbonyl (C=O) groups excluding carboxylic acids is 1. The van der Waals surface area contributed by atoms with Crippen LogP contribution in [-0.2, 0) is 11.3 Å². The molecule has 0 saturated heterocycles. The minimum Gasteiger partial charge on any atom is -0.326 e. The summed E-state index contributed by atoms with van der Waals surface area (Å²) in [5.41, 5.74) is 7.48. The molecule has 0 aliphatic carbocycles. The molecule has 0 bridgehead atoms. The van der Waals surface area contributed by atoms with Crippen molar-refractivity contribution >= 4 is 11.6 Å². The molecule has 3 N–H and O–H groups in total. The molecule has 118 valence electrons. The Morgan fingerprint density at radius 3 is 2.67 bits per heavy atom. The van der Waals surface area contributed by atoms with E-state index in [0.717, 1.165) is 37.3 Å². The highest BCUT2D eigenvalue weighted by Crippen LogP contribution is 2.14. The second-order valence-corrected chi connectivity index (χ2v) is 5.80. The summed E-state index contributed by atoms with van der Waals surface area (Å²) in [5, 5.41) is 2.96. The van der Waals surface area contributed by atoms with Gasteiger partial charge in [-0.05, 0) is 37.1 Å². The fraction of sp³-hybridized carbons (Fsp3) is 0.588. The summed E-state index contributed by atoms with van der Waals surface area (Å²) in [6, 6.07) is 7.69. The number of hydrogen-bond donors (Lipinski definition) is 2. The molecule has 0 atom stereocenters. The normalized spacial score (nSPS) is 11.1. The van der Waals surface area contributed by atoms with E-state index in [1.807, 2.05) is 24.3 Å². The summed E-state index contributed by atoms with van der Waals surface area (Å²) in [5.74, 6) is 0.728. The number of nitrogens with two attached hydrogens (primary N) is 1. The first-order valence-electron chi connectivity index (χ1n) is 7.87. The Morgan fingerprint density at radius 2 is 2.05 bits per heavy atom. The zero-order valence-corrected chi connectivity index (χ0v) is 13.6. The van der Waals surface area contributed by atoms with Crippen molar-refractivity contribution in [2.24, 2.45) is 11.7 Å². The van der Waals surface area contributed by atoms with Crippen molar-refractivity contribution in [3.05, 3.63) is 29.8 Å². The maximum Gasteiger partial charge on any atom is 0.224 e. The van der Waals surface area contributed by atoms with E-state index in [1.54, 1.807) is 0 Å². The monoisotopic (exact) mass is 291 g/mol. The average Bonchev–Trinajstić information content (AvgIpc) is 2.46. The molecule has 1 rings (SSSR count). The number of para-hydroxylation sites is 1. The molecule has 4 nitrogen and oxygen atoms in total. The van der Waals surface area contributed by atoms with E-state index in [-0.39, 0.29) is 5.91 Å². The summed E-state index contributed by atoms with van der Waals surface area (Å²) >= 11 is 0. The van der Waals surface area contributed by atoms with Crippen molar-refractivity contribution in [3.8, 4) is 0 Å². The lowest BCUT2D eigenvalue weighted by atomic mass is 10.1. The van der Waals surface area contributed by atoms with Crippen LogP contribution in [0, 0.1) is 5.92 Å². The van der Waals surface area contributed by atoms with Crippen LogP contribution in [0.15, 0.2) is 24.3 Å². The van der Waals surface area contributed by atoms with Gasteiger partial charge in [-0.2, -0.15) is 0 Å². The van der Waals surface area contributed by atoms with Gasteiger partial charge in [0.05, 0.1) is 0 Å². The highest BCUT2D eigenvalue weighted by Gasteiger charge is 2.08. The van der Waals surface area contributed by atoms with Gasteiger partial charge in [0.2, 0.25) is 5.91 Å². The van der Waals surface area contributed by atoms with Crippen LogP contribution in [0.5, 0.6) is 0 Å². The third-order valence-electron chi connectivity index (χ3n) is 3.46. The van der Waals surface area contributed by atoms with Gasteiger partial charge in [0, 0.05) is 25.2 Å². The molecule has 1 aromatic carbocycles. The highest BCUT2D eigenvalue weighted by atomic mass is 16.1. The number of nitrogens with zero attached hydrogens (tertiary/aromatic N) is 1. The number of anilines is 1. The van der Waals surface area contributed by atoms with E-state index in [2.05, 4.69) is 31.0 Å². The number of carbonyl (C=O) groups is 1. The standard InChI is InChI=1S/C17H29N3O/c1-4-20(13-14(2)3)11-7-10-17(21)19-16-9-6-5-8-15(16)12-18/h5-6,8-9,14H,4,7,10-13,18H2,1-3H3,(H,19,21). The second kappa shape index (κ2) is 9.53. The molecule has 0 saturated carbocycles. The first kappa shape index (κ1) is 17.7. The van der Waals surface area contributed by atoms with Crippen molar-refractivity contribution in [2.75, 3.05) is 25.0 Å². The Morgan fingerprint density at radius 1 is 1.33 bits per heavy atom. The predicted octanol–water partition coefficient (Wildman–Crippen LogP) is 2.84. The molecule has 0 heterocycles. The van der Waals surface area contributed by atoms with Crippen LogP contribution in [0.3, 0.4) is 0 Å². The van der Waals surface area contributed by atoms with Crippen LogP contribution in [-0.4, -0.2) is 30.4 Å². The van der Waals surface area contributed by atoms with Gasteiger partial charge in [0.25, 0.3) is 0 Å². The Kier molecular flexibility index (Phi) is 8.01. The molecule has 0 spiro atoms. The summed E-state index contributed by atoms with van der Waals surface area (Å²) in [6.07, 6.45) is 1.44. The number of nitrogens with one attached hydrogen (secondary N) is 1. The van der Waals surface area contributed by atoms with Gasteiger partial charge in [-0.15, -0.1) is 0 Å². The lowest BCUT2D eigenvalue weighted by molar-refractivity contribution is -0.116. The number of rotatable bonds is 9. The molecule has 1 amide bonds. The maximum atomic E-state index is 12.0. The van der Waals surface area contributed by atoms with Crippen LogP contribution in [0.1, 0.15) is 39.2 Å². The Labute approximate surface area is 128 Å². The van der Waals surface area contributed by atoms with Gasteiger partial charge >= 0.3 is 0 Å². The third kappa shape index (κ3) is 6.74. The zero-order chi connectivity index (χ0) is 15.7. The fourth-order valence-electron chi connectivity index (χ4n) is 2.39. The summed E-state index contributed by atoms with van der Waals surface area (Å²) < 4.78 is 0. The topological polar surface area (TPSA) is 58.4 Å². The van der Waals surface area contributed by atoms with E-state index < -0.39 is 0 Å². The largest absolute Gasteiger partial charge is 0.326 e. The molecule has 0 aromatic heterocycles. The first-order valence-corrected chi connectivity index (χ1v) is 7.87. The molecule has 21 heavy (non-hydrogen) atoms. The van der Waals surface area contributed by atoms with Crippen molar-refractivity contribution in [1.82, 2.24) is 4.90 Å². The second-order valence-electron chi connectivity index (χ2n) is 5.80. The summed E-state index contributed by atoms with van der Waals surface area (Å²) in [4.78, 5) is 14.4. The van der Waals surface area contributed by atoms with Crippen molar-refractivity contribution < 1.29 is 4.79 Å². The van der Waals surface area contributed by atoms with E-state index >= 15 is 0 Å². The molecular weight excluding hydrogens is 262 g/mol. The van der Waals surface area contributed by atoms with E-state index in [1.165, 1.54) is 0 Å². The Bertz CT molecular complexity index is 432. The van der Waals surface area contributed by atoms with E-state index in [4.69, 9.17) is 5.73 Å². The molecule has 4 heteroatoms. The predicted molar refractivity (Wildman–Crippen MR) is 89.1 cm³/mol. The van der Waals surface area contributed by atoms with E-state index in [0.29, 0.717) is 18.9 Å². The fourth-order valence-corrected chi connectivity index (χ4v) is 2.39. The molecular formula is C17H29N3O. The number of amides is 1. The Balaban J connectivity index is 2.37. The summed E-state index contributed by atoms with van der Waals surface area (Å²) in [7, 11) is 0. The third-order valence-corrected chi connectivity index (χ3v) is 3.46. The van der Waals surface area contributed by atoms with Crippen LogP contribution >= 0.6 is 0 Å². The SMILES string of the molecule is CCN(CCCC(=O)Nc1ccccc1CN)CC(C)C. The van der Waals surface area contributed by atoms with Gasteiger partial charge in [-0.1, -0.05) is 39.0 Å². The van der Waals surface area contributed by atoms with Gasteiger partial charge in [-0.3, -0.25) is 4.79 Å². The number of benzene rings is 1. The van der Waals surface area contributed by atoms with Crippen LogP contribution in [0.25, 0.3) is 0 Å². The lowest BCUT2D eigenvalue weighted by Gasteiger charge is -2.22. The van der Waals surface area contributed by atoms with Crippen LogP contribution in [0.4, 0.5) is 5.69 Å². The lowest BCUT2D eigenvalue weighted by Crippen LogP contribution is -2.29. The molecule has 0 radical (unpaired) electrons. The minimum atomic E-state index is 0.0662. The Hall–Kier alpha value is -1.39. The molecule has 0 aliphatic rings. The van der Waals surface area contributed by atoms with Gasteiger partial charge in [0.1, 0.15) is 0 Å². The molecule has 0 fully saturated rings. The quantitative estimate of drug-likeness (QED) is 0.735. The van der Waals surface area contributed by atoms with Crippen LogP contribution < -0.4 is 11.1 Å². The minimum absolute atomic E-state index is 0.0662. The first-order chi connectivity index (χ1) is 10.1. The smallest absolute Gasteiger partial charge is 0.224 e. The molecule has 1 aromatic rings. The average molecular weight is 291 g/mol. The zero-order valence-electron chi connectivity index (χ0n) is 13.6. The molecule has 0 aliphatic heterocycles.